The zero-order valence-corrected chi connectivity index (χ0v) is 11.8. The first-order valence-electron chi connectivity index (χ1n) is 6.12. The van der Waals surface area contributed by atoms with Gasteiger partial charge in [0, 0.05) is 10.0 Å². The molecule has 2 heterocycles. The van der Waals surface area contributed by atoms with E-state index in [0.29, 0.717) is 5.75 Å². The molecule has 2 aromatic rings. The van der Waals surface area contributed by atoms with Crippen LogP contribution in [0, 0.1) is 0 Å². The van der Waals surface area contributed by atoms with Gasteiger partial charge in [-0.15, -0.1) is 0 Å². The van der Waals surface area contributed by atoms with Crippen molar-refractivity contribution in [2.45, 2.75) is 5.72 Å². The number of rotatable bonds is 0. The van der Waals surface area contributed by atoms with Crippen LogP contribution in [0.2, 0.25) is 0 Å². The molecule has 2 aromatic carbocycles. The first-order chi connectivity index (χ1) is 9.69. The third-order valence-corrected chi connectivity index (χ3v) is 3.95. The van der Waals surface area contributed by atoms with Gasteiger partial charge >= 0.3 is 0 Å². The van der Waals surface area contributed by atoms with Crippen molar-refractivity contribution in [3.05, 3.63) is 52.5 Å². The lowest BCUT2D eigenvalue weighted by Crippen LogP contribution is -2.57. The SMILES string of the molecule is O=C1Nc2ccc(Br)cc2[C@@]12NNc1ccccc1O2. The Kier molecular flexibility index (Phi) is 2.33. The molecule has 1 spiro atoms. The monoisotopic (exact) mass is 331 g/mol. The number of fused-ring (bicyclic) bond motifs is 3. The normalized spacial score (nSPS) is 22.6. The van der Waals surface area contributed by atoms with Crippen molar-refractivity contribution in [3.8, 4) is 5.75 Å². The number of carbonyl (C=O) groups excluding carboxylic acids is 1. The first-order valence-corrected chi connectivity index (χ1v) is 6.91. The van der Waals surface area contributed by atoms with Gasteiger partial charge in [-0.3, -0.25) is 4.79 Å². The van der Waals surface area contributed by atoms with Crippen LogP contribution in [0.5, 0.6) is 5.75 Å². The van der Waals surface area contributed by atoms with E-state index in [2.05, 4.69) is 32.1 Å². The molecule has 4 rings (SSSR count). The Morgan fingerprint density at radius 3 is 2.85 bits per heavy atom. The van der Waals surface area contributed by atoms with Crippen LogP contribution in [0.15, 0.2) is 46.9 Å². The number of anilines is 2. The van der Waals surface area contributed by atoms with E-state index in [1.54, 1.807) is 0 Å². The molecular formula is C14H10BrN3O2. The van der Waals surface area contributed by atoms with Crippen molar-refractivity contribution >= 4 is 33.2 Å². The summed E-state index contributed by atoms with van der Waals surface area (Å²) in [6.45, 7) is 0. The second-order valence-corrected chi connectivity index (χ2v) is 5.59. The van der Waals surface area contributed by atoms with Gasteiger partial charge in [0.15, 0.2) is 0 Å². The van der Waals surface area contributed by atoms with Gasteiger partial charge < -0.3 is 15.5 Å². The minimum absolute atomic E-state index is 0.243. The highest BCUT2D eigenvalue weighted by Gasteiger charge is 2.51. The summed E-state index contributed by atoms with van der Waals surface area (Å²) in [7, 11) is 0. The molecule has 0 aromatic heterocycles. The summed E-state index contributed by atoms with van der Waals surface area (Å²) in [6, 6.07) is 13.1. The summed E-state index contributed by atoms with van der Waals surface area (Å²) in [6.07, 6.45) is 0. The highest BCUT2D eigenvalue weighted by Crippen LogP contribution is 2.42. The van der Waals surface area contributed by atoms with Crippen LogP contribution >= 0.6 is 15.9 Å². The van der Waals surface area contributed by atoms with Crippen LogP contribution < -0.4 is 20.9 Å². The lowest BCUT2D eigenvalue weighted by molar-refractivity contribution is -0.134. The molecule has 0 saturated heterocycles. The fourth-order valence-electron chi connectivity index (χ4n) is 2.48. The molecule has 0 unspecified atom stereocenters. The topological polar surface area (TPSA) is 62.4 Å². The van der Waals surface area contributed by atoms with Gasteiger partial charge in [-0.25, -0.2) is 0 Å². The molecule has 2 aliphatic rings. The van der Waals surface area contributed by atoms with Crippen LogP contribution in [0.4, 0.5) is 11.4 Å². The number of benzene rings is 2. The van der Waals surface area contributed by atoms with E-state index < -0.39 is 5.72 Å². The molecular weight excluding hydrogens is 322 g/mol. The van der Waals surface area contributed by atoms with Crippen molar-refractivity contribution < 1.29 is 9.53 Å². The smallest absolute Gasteiger partial charge is 0.291 e. The Bertz CT molecular complexity index is 734. The predicted molar refractivity (Wildman–Crippen MR) is 78.3 cm³/mol. The molecule has 0 saturated carbocycles. The molecule has 100 valence electrons. The van der Waals surface area contributed by atoms with Gasteiger partial charge in [-0.05, 0) is 30.3 Å². The van der Waals surface area contributed by atoms with E-state index in [4.69, 9.17) is 4.74 Å². The van der Waals surface area contributed by atoms with E-state index in [1.807, 2.05) is 42.5 Å². The Balaban J connectivity index is 1.87. The van der Waals surface area contributed by atoms with Gasteiger partial charge in [0.2, 0.25) is 0 Å². The highest BCUT2D eigenvalue weighted by atomic mass is 79.9. The molecule has 2 aliphatic heterocycles. The number of hydrazine groups is 1. The number of hydrogen-bond acceptors (Lipinski definition) is 4. The second-order valence-electron chi connectivity index (χ2n) is 4.67. The molecule has 0 fully saturated rings. The summed E-state index contributed by atoms with van der Waals surface area (Å²) in [5.41, 5.74) is 7.06. The van der Waals surface area contributed by atoms with Crippen molar-refractivity contribution in [1.29, 1.82) is 0 Å². The number of halogens is 1. The number of carbonyl (C=O) groups is 1. The summed E-state index contributed by atoms with van der Waals surface area (Å²) >= 11 is 3.42. The largest absolute Gasteiger partial charge is 0.455 e. The molecule has 6 heteroatoms. The van der Waals surface area contributed by atoms with E-state index >= 15 is 0 Å². The quantitative estimate of drug-likeness (QED) is 0.694. The second kappa shape index (κ2) is 3.97. The van der Waals surface area contributed by atoms with Crippen LogP contribution in [-0.2, 0) is 10.5 Å². The zero-order chi connectivity index (χ0) is 13.7. The number of ether oxygens (including phenoxy) is 1. The van der Waals surface area contributed by atoms with E-state index in [1.165, 1.54) is 0 Å². The maximum atomic E-state index is 12.4. The maximum absolute atomic E-state index is 12.4. The molecule has 3 N–H and O–H groups in total. The molecule has 1 amide bonds. The minimum Gasteiger partial charge on any atom is -0.455 e. The number of hydrogen-bond donors (Lipinski definition) is 3. The van der Waals surface area contributed by atoms with Gasteiger partial charge in [0.1, 0.15) is 5.75 Å². The van der Waals surface area contributed by atoms with Crippen molar-refractivity contribution in [2.75, 3.05) is 10.7 Å². The van der Waals surface area contributed by atoms with E-state index in [9.17, 15) is 4.79 Å². The Labute approximate surface area is 123 Å². The molecule has 20 heavy (non-hydrogen) atoms. The van der Waals surface area contributed by atoms with Crippen LogP contribution in [0.25, 0.3) is 0 Å². The number of amides is 1. The summed E-state index contributed by atoms with van der Waals surface area (Å²) in [5, 5.41) is 2.83. The average molecular weight is 332 g/mol. The van der Waals surface area contributed by atoms with E-state index in [0.717, 1.165) is 21.4 Å². The average Bonchev–Trinajstić information content (AvgIpc) is 2.72. The lowest BCUT2D eigenvalue weighted by atomic mass is 10.0. The summed E-state index contributed by atoms with van der Waals surface area (Å²) in [4.78, 5) is 12.4. The predicted octanol–water partition coefficient (Wildman–Crippen LogP) is 2.56. The third-order valence-electron chi connectivity index (χ3n) is 3.45. The van der Waals surface area contributed by atoms with Gasteiger partial charge in [0.25, 0.3) is 11.6 Å². The molecule has 0 radical (unpaired) electrons. The zero-order valence-electron chi connectivity index (χ0n) is 10.2. The van der Waals surface area contributed by atoms with Gasteiger partial charge in [-0.1, -0.05) is 28.1 Å². The lowest BCUT2D eigenvalue weighted by Gasteiger charge is -2.35. The fraction of sp³-hybridized carbons (Fsp3) is 0.0714. The standard InChI is InChI=1S/C14H10BrN3O2/c15-8-5-6-10-9(7-8)14(13(19)16-10)18-17-11-3-1-2-4-12(11)20-14/h1-7,17-18H,(H,16,19)/t14-/m0/s1. The minimum atomic E-state index is -1.24. The Hall–Kier alpha value is -2.05. The van der Waals surface area contributed by atoms with Crippen molar-refractivity contribution in [1.82, 2.24) is 5.43 Å². The van der Waals surface area contributed by atoms with Crippen LogP contribution in [0.3, 0.4) is 0 Å². The third kappa shape index (κ3) is 1.49. The van der Waals surface area contributed by atoms with Crippen LogP contribution in [-0.4, -0.2) is 5.91 Å². The molecule has 0 aliphatic carbocycles. The van der Waals surface area contributed by atoms with Crippen LogP contribution in [0.1, 0.15) is 5.56 Å². The fourth-order valence-corrected chi connectivity index (χ4v) is 2.84. The maximum Gasteiger partial charge on any atom is 0.291 e. The van der Waals surface area contributed by atoms with Crippen molar-refractivity contribution in [3.63, 3.8) is 0 Å². The molecule has 1 atom stereocenters. The van der Waals surface area contributed by atoms with E-state index in [-0.39, 0.29) is 5.91 Å². The van der Waals surface area contributed by atoms with Gasteiger partial charge in [-0.2, -0.15) is 5.43 Å². The summed E-state index contributed by atoms with van der Waals surface area (Å²) < 4.78 is 6.85. The summed E-state index contributed by atoms with van der Waals surface area (Å²) in [5.74, 6) is 0.391. The Morgan fingerprint density at radius 1 is 1.10 bits per heavy atom. The van der Waals surface area contributed by atoms with Crippen molar-refractivity contribution in [2.24, 2.45) is 0 Å². The number of nitrogens with one attached hydrogen (secondary N) is 3. The number of para-hydroxylation sites is 2. The first kappa shape index (κ1) is 11.7. The molecule has 0 bridgehead atoms. The Morgan fingerprint density at radius 2 is 1.95 bits per heavy atom. The highest BCUT2D eigenvalue weighted by molar-refractivity contribution is 9.10. The molecule has 5 nitrogen and oxygen atoms in total. The van der Waals surface area contributed by atoms with Gasteiger partial charge in [0.05, 0.1) is 11.4 Å².